The quantitative estimate of drug-likeness (QED) is 0.122. The number of hydrogen-bond donors (Lipinski definition) is 0. The molecule has 19 heteroatoms. The maximum absolute atomic E-state index is 14.1. The van der Waals surface area contributed by atoms with Crippen LogP contribution in [0.5, 0.6) is 17.2 Å². The number of alkyl halides is 2. The molecule has 1 amide bonds. The summed E-state index contributed by atoms with van der Waals surface area (Å²) in [6.07, 6.45) is 2.59. The number of esters is 1. The summed E-state index contributed by atoms with van der Waals surface area (Å²) in [4.78, 5) is 28.7. The van der Waals surface area contributed by atoms with Crippen molar-refractivity contribution in [1.29, 1.82) is 0 Å². The van der Waals surface area contributed by atoms with Crippen LogP contribution in [0.15, 0.2) is 53.7 Å². The zero-order chi connectivity index (χ0) is 37.9. The normalized spacial score (nSPS) is 18.5. The highest BCUT2D eigenvalue weighted by Crippen LogP contribution is 2.39. The number of carbonyl (C=O) groups is 2. The minimum absolute atomic E-state index is 0.0141. The molecule has 1 aromatic heterocycles. The van der Waals surface area contributed by atoms with Crippen LogP contribution in [0, 0.1) is 11.1 Å². The highest BCUT2D eigenvalue weighted by molar-refractivity contribution is 8.02. The molecule has 0 radical (unpaired) electrons. The topological polar surface area (TPSA) is 148 Å². The second kappa shape index (κ2) is 16.8. The van der Waals surface area contributed by atoms with E-state index in [0.717, 1.165) is 41.3 Å². The van der Waals surface area contributed by atoms with Gasteiger partial charge in [-0.25, -0.2) is 13.2 Å². The highest BCUT2D eigenvalue weighted by Gasteiger charge is 2.43. The molecular formula is C34H35Cl2F2N3O10S2. The SMILES string of the molecule is COc1ccc(S(=O)(=O)N2CCSC2C(=O)O[C@@H](Cc2c(Cl)c[n+]([O-])cc2Cl)c2ccc(OC(F)F)c(OCC3CC3)c2)cc1C(=O)N1CCOCC1. The van der Waals surface area contributed by atoms with E-state index in [-0.39, 0.29) is 80.1 Å². The highest BCUT2D eigenvalue weighted by atomic mass is 35.5. The Morgan fingerprint density at radius 3 is 2.40 bits per heavy atom. The van der Waals surface area contributed by atoms with Crippen LogP contribution in [0.1, 0.15) is 40.4 Å². The number of amides is 1. The van der Waals surface area contributed by atoms with Gasteiger partial charge < -0.3 is 33.8 Å². The van der Waals surface area contributed by atoms with Crippen molar-refractivity contribution in [3.63, 3.8) is 0 Å². The first-order valence-corrected chi connectivity index (χ1v) is 19.8. The number of rotatable bonds is 14. The lowest BCUT2D eigenvalue weighted by Gasteiger charge is -2.28. The van der Waals surface area contributed by atoms with E-state index in [4.69, 9.17) is 42.1 Å². The Hall–Kier alpha value is -3.61. The molecule has 2 aliphatic heterocycles. The van der Waals surface area contributed by atoms with E-state index >= 15 is 0 Å². The van der Waals surface area contributed by atoms with E-state index in [2.05, 4.69) is 4.74 Å². The Morgan fingerprint density at radius 1 is 1.04 bits per heavy atom. The van der Waals surface area contributed by atoms with Crippen LogP contribution in [0.3, 0.4) is 0 Å². The predicted octanol–water partition coefficient (Wildman–Crippen LogP) is 5.09. The summed E-state index contributed by atoms with van der Waals surface area (Å²) in [6, 6.07) is 7.97. The molecule has 286 valence electrons. The Labute approximate surface area is 318 Å². The second-order valence-electron chi connectivity index (χ2n) is 12.4. The molecule has 2 atom stereocenters. The number of carbonyl (C=O) groups excluding carboxylic acids is 2. The number of pyridine rings is 1. The van der Waals surface area contributed by atoms with Gasteiger partial charge >= 0.3 is 12.6 Å². The summed E-state index contributed by atoms with van der Waals surface area (Å²) in [7, 11) is -3.01. The Bertz CT molecular complexity index is 1930. The lowest BCUT2D eigenvalue weighted by atomic mass is 10.0. The van der Waals surface area contributed by atoms with Crippen molar-refractivity contribution in [3.05, 3.63) is 80.7 Å². The molecule has 2 aromatic carbocycles. The van der Waals surface area contributed by atoms with Gasteiger partial charge in [0.25, 0.3) is 5.91 Å². The van der Waals surface area contributed by atoms with Gasteiger partial charge in [0.15, 0.2) is 29.3 Å². The van der Waals surface area contributed by atoms with Crippen molar-refractivity contribution in [2.24, 2.45) is 5.92 Å². The van der Waals surface area contributed by atoms with Crippen LogP contribution in [-0.2, 0) is 30.7 Å². The fraction of sp³-hybridized carbons (Fsp3) is 0.441. The molecule has 13 nitrogen and oxygen atoms in total. The van der Waals surface area contributed by atoms with Gasteiger partial charge in [-0.15, -0.1) is 11.8 Å². The molecule has 53 heavy (non-hydrogen) atoms. The molecule has 1 aliphatic carbocycles. The maximum atomic E-state index is 14.1. The summed E-state index contributed by atoms with van der Waals surface area (Å²) in [6.45, 7) is -1.60. The molecule has 3 aromatic rings. The summed E-state index contributed by atoms with van der Waals surface area (Å²) in [5.41, 5.74) is 0.554. The minimum Gasteiger partial charge on any atom is -0.619 e. The zero-order valence-electron chi connectivity index (χ0n) is 28.3. The molecule has 0 spiro atoms. The molecule has 3 aliphatic rings. The number of thioether (sulfide) groups is 1. The summed E-state index contributed by atoms with van der Waals surface area (Å²) >= 11 is 13.8. The van der Waals surface area contributed by atoms with Gasteiger partial charge in [0.1, 0.15) is 21.9 Å². The van der Waals surface area contributed by atoms with Crippen molar-refractivity contribution < 1.29 is 55.2 Å². The van der Waals surface area contributed by atoms with Gasteiger partial charge in [0.2, 0.25) is 10.0 Å². The van der Waals surface area contributed by atoms with Crippen LogP contribution in [-0.4, -0.2) is 93.8 Å². The van der Waals surface area contributed by atoms with Gasteiger partial charge in [0.05, 0.1) is 37.4 Å². The monoisotopic (exact) mass is 817 g/mol. The predicted molar refractivity (Wildman–Crippen MR) is 189 cm³/mol. The smallest absolute Gasteiger partial charge is 0.387 e. The number of morpholine rings is 1. The first kappa shape index (κ1) is 39.1. The van der Waals surface area contributed by atoms with Crippen LogP contribution in [0.4, 0.5) is 8.78 Å². The standard InChI is InChI=1S/C34H35Cl2F2N3O10S2/c1-47-27-7-5-22(15-24(27)31(42)39-8-11-48-12-9-39)53(45,46)41-10-13-52-32(41)33(43)50-29(16-23-25(35)17-40(44)18-26(23)36)21-4-6-28(51-34(37)38)30(14-21)49-19-20-2-3-20/h4-7,14-15,17-18,20,29,32,34H,2-3,8-13,16,19H2,1H3/t29-,32?/m0/s1. The third kappa shape index (κ3) is 9.20. The van der Waals surface area contributed by atoms with Crippen molar-refractivity contribution in [2.75, 3.05) is 52.3 Å². The molecule has 2 saturated heterocycles. The lowest BCUT2D eigenvalue weighted by molar-refractivity contribution is -0.605. The number of halogens is 4. The van der Waals surface area contributed by atoms with Crippen LogP contribution in [0.25, 0.3) is 0 Å². The van der Waals surface area contributed by atoms with E-state index < -0.39 is 40.0 Å². The van der Waals surface area contributed by atoms with Gasteiger partial charge in [-0.3, -0.25) is 4.79 Å². The van der Waals surface area contributed by atoms with E-state index in [1.807, 2.05) is 0 Å². The summed E-state index contributed by atoms with van der Waals surface area (Å²) < 4.78 is 83.4. The summed E-state index contributed by atoms with van der Waals surface area (Å²) in [5.74, 6) is -0.914. The number of sulfonamides is 1. The molecule has 6 rings (SSSR count). The fourth-order valence-electron chi connectivity index (χ4n) is 5.83. The van der Waals surface area contributed by atoms with Crippen LogP contribution in [0.2, 0.25) is 10.0 Å². The Kier molecular flexibility index (Phi) is 12.4. The largest absolute Gasteiger partial charge is 0.619 e. The number of methoxy groups -OCH3 is 1. The second-order valence-corrected chi connectivity index (χ2v) is 16.3. The van der Waals surface area contributed by atoms with Crippen molar-refractivity contribution >= 4 is 56.9 Å². The van der Waals surface area contributed by atoms with Crippen LogP contribution >= 0.6 is 35.0 Å². The number of ether oxygens (including phenoxy) is 5. The van der Waals surface area contributed by atoms with Crippen molar-refractivity contribution in [1.82, 2.24) is 9.21 Å². The van der Waals surface area contributed by atoms with E-state index in [1.54, 1.807) is 4.90 Å². The number of benzene rings is 2. The molecular weight excluding hydrogens is 783 g/mol. The molecule has 3 fully saturated rings. The molecule has 0 bridgehead atoms. The van der Waals surface area contributed by atoms with Gasteiger partial charge in [-0.1, -0.05) is 29.3 Å². The van der Waals surface area contributed by atoms with E-state index in [9.17, 15) is 32.0 Å². The van der Waals surface area contributed by atoms with Gasteiger partial charge in [0, 0.05) is 37.4 Å². The number of nitrogens with zero attached hydrogens (tertiary/aromatic N) is 3. The number of hydrogen-bond acceptors (Lipinski definition) is 11. The molecule has 1 saturated carbocycles. The third-order valence-electron chi connectivity index (χ3n) is 8.79. The first-order chi connectivity index (χ1) is 25.3. The molecule has 3 heterocycles. The summed E-state index contributed by atoms with van der Waals surface area (Å²) in [5, 5.41) is 10.6. The Morgan fingerprint density at radius 2 is 1.74 bits per heavy atom. The third-order valence-corrected chi connectivity index (χ3v) is 12.6. The van der Waals surface area contributed by atoms with Crippen molar-refractivity contribution in [3.8, 4) is 17.2 Å². The average molecular weight is 819 g/mol. The van der Waals surface area contributed by atoms with Gasteiger partial charge in [-0.2, -0.15) is 17.8 Å². The average Bonchev–Trinajstić information content (AvgIpc) is 3.83. The Balaban J connectivity index is 1.30. The van der Waals surface area contributed by atoms with E-state index in [1.165, 1.54) is 43.5 Å². The van der Waals surface area contributed by atoms with Crippen LogP contribution < -0.4 is 18.9 Å². The zero-order valence-corrected chi connectivity index (χ0v) is 31.4. The maximum Gasteiger partial charge on any atom is 0.387 e. The number of aromatic nitrogens is 1. The molecule has 1 unspecified atom stereocenters. The minimum atomic E-state index is -4.38. The van der Waals surface area contributed by atoms with E-state index in [0.29, 0.717) is 31.0 Å². The van der Waals surface area contributed by atoms with Gasteiger partial charge in [-0.05, 0) is 54.7 Å². The fourth-order valence-corrected chi connectivity index (χ4v) is 9.51. The lowest BCUT2D eigenvalue weighted by Crippen LogP contribution is -2.41. The van der Waals surface area contributed by atoms with Crippen molar-refractivity contribution in [2.45, 2.75) is 42.2 Å². The molecule has 0 N–H and O–H groups in total. The first-order valence-electron chi connectivity index (χ1n) is 16.5.